The highest BCUT2D eigenvalue weighted by molar-refractivity contribution is 6.29. The van der Waals surface area contributed by atoms with Gasteiger partial charge < -0.3 is 9.47 Å². The smallest absolute Gasteiger partial charge is 0.154 e. The molecule has 0 aliphatic rings. The topological polar surface area (TPSA) is 48.7 Å². The summed E-state index contributed by atoms with van der Waals surface area (Å²) in [6.07, 6.45) is 1.74. The van der Waals surface area contributed by atoms with Gasteiger partial charge in [-0.05, 0) is 24.3 Å². The van der Waals surface area contributed by atoms with Crippen molar-refractivity contribution in [2.24, 2.45) is 0 Å². The number of halogens is 1. The van der Waals surface area contributed by atoms with Gasteiger partial charge in [-0.3, -0.25) is 0 Å². The Morgan fingerprint density at radius 1 is 1.10 bits per heavy atom. The van der Waals surface area contributed by atoms with Crippen LogP contribution in [0.1, 0.15) is 0 Å². The van der Waals surface area contributed by atoms with Gasteiger partial charge in [0.1, 0.15) is 16.7 Å². The van der Waals surface area contributed by atoms with Crippen LogP contribution in [0.25, 0.3) is 16.9 Å². The van der Waals surface area contributed by atoms with Crippen LogP contribution in [0.15, 0.2) is 36.5 Å². The molecule has 1 aromatic carbocycles. The Hall–Kier alpha value is -2.27. The third kappa shape index (κ3) is 2.06. The lowest BCUT2D eigenvalue weighted by Crippen LogP contribution is -1.96. The molecule has 0 bridgehead atoms. The van der Waals surface area contributed by atoms with Crippen LogP contribution in [0, 0.1) is 0 Å². The number of aromatic nitrogens is 3. The van der Waals surface area contributed by atoms with Crippen LogP contribution in [-0.2, 0) is 0 Å². The van der Waals surface area contributed by atoms with Gasteiger partial charge in [0.25, 0.3) is 0 Å². The molecule has 0 N–H and O–H groups in total. The molecule has 0 fully saturated rings. The van der Waals surface area contributed by atoms with Crippen LogP contribution in [0.2, 0.25) is 5.15 Å². The fourth-order valence-corrected chi connectivity index (χ4v) is 2.18. The summed E-state index contributed by atoms with van der Waals surface area (Å²) in [6.45, 7) is 0. The van der Waals surface area contributed by atoms with E-state index in [-0.39, 0.29) is 0 Å². The van der Waals surface area contributed by atoms with E-state index in [0.29, 0.717) is 10.9 Å². The third-order valence-corrected chi connectivity index (χ3v) is 3.22. The summed E-state index contributed by atoms with van der Waals surface area (Å²) in [5.41, 5.74) is 2.40. The fourth-order valence-electron chi connectivity index (χ4n) is 2.04. The molecule has 102 valence electrons. The van der Waals surface area contributed by atoms with Gasteiger partial charge in [0.05, 0.1) is 26.1 Å². The van der Waals surface area contributed by atoms with Gasteiger partial charge in [-0.1, -0.05) is 11.6 Å². The van der Waals surface area contributed by atoms with Crippen LogP contribution in [-0.4, -0.2) is 28.8 Å². The number of nitrogens with zero attached hydrogens (tertiary/aromatic N) is 3. The highest BCUT2D eigenvalue weighted by Gasteiger charge is 2.13. The van der Waals surface area contributed by atoms with E-state index < -0.39 is 0 Å². The van der Waals surface area contributed by atoms with Crippen molar-refractivity contribution in [3.05, 3.63) is 41.7 Å². The highest BCUT2D eigenvalue weighted by Crippen LogP contribution is 2.33. The van der Waals surface area contributed by atoms with Crippen molar-refractivity contribution in [2.45, 2.75) is 0 Å². The minimum Gasteiger partial charge on any atom is -0.497 e. The summed E-state index contributed by atoms with van der Waals surface area (Å²) in [6, 6.07) is 9.11. The lowest BCUT2D eigenvalue weighted by Gasteiger charge is -2.09. The van der Waals surface area contributed by atoms with Crippen molar-refractivity contribution < 1.29 is 9.47 Å². The van der Waals surface area contributed by atoms with Gasteiger partial charge in [0, 0.05) is 11.6 Å². The normalized spacial score (nSPS) is 10.8. The molecule has 0 unspecified atom stereocenters. The zero-order valence-corrected chi connectivity index (χ0v) is 11.8. The van der Waals surface area contributed by atoms with Crippen molar-refractivity contribution in [1.29, 1.82) is 0 Å². The number of hydrogen-bond donors (Lipinski definition) is 0. The molecule has 2 aromatic heterocycles. The summed E-state index contributed by atoms with van der Waals surface area (Å²) >= 11 is 5.95. The number of fused-ring (bicyclic) bond motifs is 1. The molecule has 3 aromatic rings. The van der Waals surface area contributed by atoms with E-state index in [1.807, 2.05) is 24.3 Å². The Morgan fingerprint density at radius 3 is 2.70 bits per heavy atom. The Labute approximate surface area is 120 Å². The Morgan fingerprint density at radius 2 is 1.95 bits per heavy atom. The Kier molecular flexibility index (Phi) is 3.20. The predicted molar refractivity (Wildman–Crippen MR) is 76.5 cm³/mol. The maximum absolute atomic E-state index is 5.95. The largest absolute Gasteiger partial charge is 0.497 e. The maximum Gasteiger partial charge on any atom is 0.154 e. The number of hydrogen-bond acceptors (Lipinski definition) is 4. The minimum absolute atomic E-state index is 0.407. The Balaban J connectivity index is 2.22. The summed E-state index contributed by atoms with van der Waals surface area (Å²) in [5.74, 6) is 1.42. The monoisotopic (exact) mass is 289 g/mol. The molecule has 0 saturated carbocycles. The van der Waals surface area contributed by atoms with Gasteiger partial charge >= 0.3 is 0 Å². The van der Waals surface area contributed by atoms with Crippen molar-refractivity contribution in [2.75, 3.05) is 14.2 Å². The molecule has 2 heterocycles. The maximum atomic E-state index is 5.95. The average molecular weight is 290 g/mol. The molecule has 0 atom stereocenters. The second-order valence-electron chi connectivity index (χ2n) is 4.14. The average Bonchev–Trinajstić information content (AvgIpc) is 2.89. The van der Waals surface area contributed by atoms with Gasteiger partial charge in [-0.15, -0.1) is 0 Å². The van der Waals surface area contributed by atoms with E-state index in [0.717, 1.165) is 22.7 Å². The van der Waals surface area contributed by atoms with E-state index in [9.17, 15) is 0 Å². The highest BCUT2D eigenvalue weighted by atomic mass is 35.5. The van der Waals surface area contributed by atoms with E-state index in [2.05, 4.69) is 10.1 Å². The zero-order valence-electron chi connectivity index (χ0n) is 11.0. The molecule has 0 radical (unpaired) electrons. The van der Waals surface area contributed by atoms with E-state index >= 15 is 0 Å². The van der Waals surface area contributed by atoms with Crippen LogP contribution in [0.4, 0.5) is 0 Å². The fraction of sp³-hybridized carbons (Fsp3) is 0.143. The van der Waals surface area contributed by atoms with E-state index in [1.165, 1.54) is 0 Å². The molecular weight excluding hydrogens is 278 g/mol. The molecule has 0 aliphatic heterocycles. The second kappa shape index (κ2) is 5.02. The standard InChI is InChI=1S/C14H12ClN3O2/c1-19-9-3-4-10(12(7-9)20-2)11-8-16-14-6-5-13(15)17-18(11)14/h3-8H,1-2H3. The Bertz CT molecular complexity index is 770. The second-order valence-corrected chi connectivity index (χ2v) is 4.52. The van der Waals surface area contributed by atoms with Crippen LogP contribution in [0.3, 0.4) is 0 Å². The number of rotatable bonds is 3. The summed E-state index contributed by atoms with van der Waals surface area (Å²) in [5, 5.41) is 4.67. The molecule has 0 aliphatic carbocycles. The first kappa shape index (κ1) is 12.7. The van der Waals surface area contributed by atoms with Gasteiger partial charge in [0.15, 0.2) is 5.65 Å². The van der Waals surface area contributed by atoms with Crippen molar-refractivity contribution in [1.82, 2.24) is 14.6 Å². The number of methoxy groups -OCH3 is 2. The molecule has 3 rings (SSSR count). The van der Waals surface area contributed by atoms with Crippen LogP contribution >= 0.6 is 11.6 Å². The van der Waals surface area contributed by atoms with Gasteiger partial charge in [0.2, 0.25) is 0 Å². The molecule has 5 nitrogen and oxygen atoms in total. The molecule has 0 amide bonds. The molecule has 20 heavy (non-hydrogen) atoms. The molecule has 6 heteroatoms. The first-order valence-electron chi connectivity index (χ1n) is 5.95. The number of ether oxygens (including phenoxy) is 2. The van der Waals surface area contributed by atoms with Gasteiger partial charge in [-0.2, -0.15) is 5.10 Å². The van der Waals surface area contributed by atoms with Crippen LogP contribution < -0.4 is 9.47 Å². The summed E-state index contributed by atoms with van der Waals surface area (Å²) < 4.78 is 12.3. The lowest BCUT2D eigenvalue weighted by molar-refractivity contribution is 0.395. The van der Waals surface area contributed by atoms with Gasteiger partial charge in [-0.25, -0.2) is 9.50 Å². The quantitative estimate of drug-likeness (QED) is 0.743. The van der Waals surface area contributed by atoms with Crippen molar-refractivity contribution >= 4 is 17.2 Å². The molecule has 0 saturated heterocycles. The van der Waals surface area contributed by atoms with Crippen molar-refractivity contribution in [3.63, 3.8) is 0 Å². The molecular formula is C14H12ClN3O2. The summed E-state index contributed by atoms with van der Waals surface area (Å²) in [7, 11) is 3.23. The molecule has 0 spiro atoms. The van der Waals surface area contributed by atoms with Crippen molar-refractivity contribution in [3.8, 4) is 22.8 Å². The number of benzene rings is 1. The summed E-state index contributed by atoms with van der Waals surface area (Å²) in [4.78, 5) is 4.31. The lowest BCUT2D eigenvalue weighted by atomic mass is 10.1. The first-order valence-corrected chi connectivity index (χ1v) is 6.33. The number of imidazole rings is 1. The minimum atomic E-state index is 0.407. The predicted octanol–water partition coefficient (Wildman–Crippen LogP) is 3.07. The van der Waals surface area contributed by atoms with E-state index in [1.54, 1.807) is 31.0 Å². The third-order valence-electron chi connectivity index (χ3n) is 3.01. The SMILES string of the molecule is COc1ccc(-c2cnc3ccc(Cl)nn23)c(OC)c1. The van der Waals surface area contributed by atoms with Crippen LogP contribution in [0.5, 0.6) is 11.5 Å². The zero-order chi connectivity index (χ0) is 14.1. The first-order chi connectivity index (χ1) is 9.72. The van der Waals surface area contributed by atoms with E-state index in [4.69, 9.17) is 21.1 Å².